The second-order valence-electron chi connectivity index (χ2n) is 11.4. The van der Waals surface area contributed by atoms with Gasteiger partial charge in [0, 0.05) is 17.8 Å². The minimum Gasteiger partial charge on any atom is -0.498 e. The molecule has 1 unspecified atom stereocenters. The fourth-order valence-electron chi connectivity index (χ4n) is 5.60. The molecule has 0 saturated carbocycles. The number of nitrogens with zero attached hydrogens (tertiary/aromatic N) is 2. The third kappa shape index (κ3) is 7.39. The Labute approximate surface area is 241 Å². The largest absolute Gasteiger partial charge is 0.602 e. The lowest BCUT2D eigenvalue weighted by Gasteiger charge is -2.40. The Morgan fingerprint density at radius 3 is 2.24 bits per heavy atom. The summed E-state index contributed by atoms with van der Waals surface area (Å²) in [5.41, 5.74) is 1.53. The molecule has 11 heteroatoms. The number of fused-ring (bicyclic) bond motifs is 2. The minimum atomic E-state index is -1.25. The van der Waals surface area contributed by atoms with Crippen LogP contribution in [0.25, 0.3) is 11.3 Å². The highest BCUT2D eigenvalue weighted by molar-refractivity contribution is 6.51. The first-order valence-electron chi connectivity index (χ1n) is 14.2. The number of aliphatic hydroxyl groups excluding tert-OH is 1. The van der Waals surface area contributed by atoms with E-state index in [4.69, 9.17) is 9.31 Å². The molecule has 2 aliphatic rings. The second-order valence-corrected chi connectivity index (χ2v) is 11.4. The molecule has 1 amide bonds. The number of carbonyl (C=O) groups is 4. The van der Waals surface area contributed by atoms with E-state index in [-0.39, 0.29) is 18.0 Å². The van der Waals surface area contributed by atoms with Gasteiger partial charge in [0.2, 0.25) is 0 Å². The van der Waals surface area contributed by atoms with E-state index in [1.807, 2.05) is 44.2 Å². The number of nitrogens with one attached hydrogen (secondary N) is 1. The summed E-state index contributed by atoms with van der Waals surface area (Å²) in [5, 5.41) is 13.1. The molecule has 2 aromatic rings. The fraction of sp³-hybridized carbons (Fsp3) is 0.500. The van der Waals surface area contributed by atoms with Crippen LogP contribution in [0.3, 0.4) is 0 Å². The average molecular weight is 563 g/mol. The molecule has 4 rings (SSSR count). The van der Waals surface area contributed by atoms with Crippen LogP contribution in [0.1, 0.15) is 63.4 Å². The van der Waals surface area contributed by atoms with Crippen LogP contribution in [-0.2, 0) is 23.7 Å². The van der Waals surface area contributed by atoms with Crippen molar-refractivity contribution in [3.05, 3.63) is 54.2 Å². The van der Waals surface area contributed by atoms with E-state index in [1.54, 1.807) is 24.1 Å². The molecule has 5 atom stereocenters. The Kier molecular flexibility index (Phi) is 9.93. The number of hydrogen-bond acceptors (Lipinski definition) is 9. The summed E-state index contributed by atoms with van der Waals surface area (Å²) >= 11 is 0. The number of piperidine rings is 1. The molecular weight excluding hydrogens is 525 g/mol. The summed E-state index contributed by atoms with van der Waals surface area (Å²) < 4.78 is 11.4. The number of carbonyl (C=O) groups excluding carboxylic acids is 4. The van der Waals surface area contributed by atoms with Crippen molar-refractivity contribution in [1.82, 2.24) is 15.2 Å². The number of ketones is 1. The average Bonchev–Trinajstić information content (AvgIpc) is 2.94. The molecule has 0 radical (unpaired) electrons. The quantitative estimate of drug-likeness (QED) is 0.418. The molecule has 0 aliphatic carbocycles. The van der Waals surface area contributed by atoms with Crippen LogP contribution in [-0.4, -0.2) is 77.0 Å². The van der Waals surface area contributed by atoms with Crippen molar-refractivity contribution in [1.29, 1.82) is 0 Å². The third-order valence-electron chi connectivity index (χ3n) is 7.74. The molecule has 2 N–H and O–H groups in total. The van der Waals surface area contributed by atoms with Crippen LogP contribution in [0, 0.1) is 5.92 Å². The highest BCUT2D eigenvalue weighted by Gasteiger charge is 2.48. The lowest BCUT2D eigenvalue weighted by Crippen LogP contribution is -2.57. The van der Waals surface area contributed by atoms with Crippen molar-refractivity contribution >= 4 is 30.7 Å². The Bertz CT molecular complexity index is 1230. The zero-order valence-corrected chi connectivity index (χ0v) is 24.0. The Morgan fingerprint density at radius 2 is 1.66 bits per heavy atom. The van der Waals surface area contributed by atoms with Gasteiger partial charge < -0.3 is 19.7 Å². The van der Waals surface area contributed by atoms with Crippen molar-refractivity contribution in [3.8, 4) is 11.3 Å². The summed E-state index contributed by atoms with van der Waals surface area (Å²) in [6, 6.07) is 12.0. The zero-order valence-electron chi connectivity index (χ0n) is 24.0. The molecule has 3 heterocycles. The maximum Gasteiger partial charge on any atom is 0.602 e. The highest BCUT2D eigenvalue weighted by Crippen LogP contribution is 2.32. The van der Waals surface area contributed by atoms with Crippen LogP contribution < -0.4 is 5.32 Å². The van der Waals surface area contributed by atoms with Crippen LogP contribution in [0.5, 0.6) is 0 Å². The molecule has 2 aliphatic heterocycles. The second kappa shape index (κ2) is 13.4. The van der Waals surface area contributed by atoms with Gasteiger partial charge >= 0.3 is 19.1 Å². The van der Waals surface area contributed by atoms with Crippen molar-refractivity contribution in [2.75, 3.05) is 7.05 Å². The maximum atomic E-state index is 13.6. The van der Waals surface area contributed by atoms with Gasteiger partial charge in [0.1, 0.15) is 23.8 Å². The minimum absolute atomic E-state index is 0.0855. The van der Waals surface area contributed by atoms with E-state index in [0.717, 1.165) is 5.56 Å². The lowest BCUT2D eigenvalue weighted by molar-refractivity contribution is -0.157. The first-order valence-corrected chi connectivity index (χ1v) is 14.2. The lowest BCUT2D eigenvalue weighted by atomic mass is 9.64. The van der Waals surface area contributed by atoms with Crippen molar-refractivity contribution in [3.63, 3.8) is 0 Å². The number of hydrogen-bond donors (Lipinski definition) is 2. The Balaban J connectivity index is 1.51. The molecule has 1 aromatic carbocycles. The van der Waals surface area contributed by atoms with Crippen LogP contribution in [0.2, 0.25) is 5.82 Å². The van der Waals surface area contributed by atoms with Gasteiger partial charge in [0.25, 0.3) is 5.91 Å². The van der Waals surface area contributed by atoms with Gasteiger partial charge in [-0.15, -0.1) is 0 Å². The Hall–Kier alpha value is -3.57. The van der Waals surface area contributed by atoms with Gasteiger partial charge in [-0.2, -0.15) is 0 Å². The molecule has 2 bridgehead atoms. The van der Waals surface area contributed by atoms with Crippen molar-refractivity contribution in [2.45, 2.75) is 82.9 Å². The number of pyridine rings is 1. The van der Waals surface area contributed by atoms with Crippen molar-refractivity contribution in [2.24, 2.45) is 5.92 Å². The van der Waals surface area contributed by atoms with Crippen LogP contribution in [0.15, 0.2) is 48.5 Å². The molecule has 1 aromatic heterocycles. The number of aromatic nitrogens is 1. The molecule has 10 nitrogen and oxygen atoms in total. The summed E-state index contributed by atoms with van der Waals surface area (Å²) in [5.74, 6) is -2.62. The van der Waals surface area contributed by atoms with Gasteiger partial charge in [0.15, 0.2) is 5.78 Å². The van der Waals surface area contributed by atoms with Gasteiger partial charge in [-0.3, -0.25) is 24.1 Å². The molecule has 2 saturated heterocycles. The zero-order chi connectivity index (χ0) is 29.7. The fourth-order valence-corrected chi connectivity index (χ4v) is 5.60. The topological polar surface area (TPSA) is 135 Å². The van der Waals surface area contributed by atoms with Gasteiger partial charge in [0.05, 0.1) is 11.8 Å². The summed E-state index contributed by atoms with van der Waals surface area (Å²) in [7, 11) is 0.472. The van der Waals surface area contributed by atoms with Gasteiger partial charge in [-0.05, 0) is 57.7 Å². The predicted molar refractivity (Wildman–Crippen MR) is 153 cm³/mol. The van der Waals surface area contributed by atoms with E-state index >= 15 is 0 Å². The van der Waals surface area contributed by atoms with E-state index in [9.17, 15) is 24.3 Å². The summed E-state index contributed by atoms with van der Waals surface area (Å²) in [6.45, 7) is 5.32. The third-order valence-corrected chi connectivity index (χ3v) is 7.74. The number of likely N-dealkylation sites (N-methyl/N-ethyl adjacent to an activating group) is 1. The summed E-state index contributed by atoms with van der Waals surface area (Å²) in [6.07, 6.45) is 0.899. The molecular formula is C30H38BN3O7. The number of Topliss-reactive ketones (excluding diaryl/α,β-unsaturated/α-hetero) is 1. The molecule has 218 valence electrons. The smallest absolute Gasteiger partial charge is 0.498 e. The molecule has 2 fully saturated rings. The molecule has 0 spiro atoms. The number of rotatable bonds is 10. The SMILES string of the molecule is CC(C)C[C@H](CC(=O)[C@@H](NC(=O)c1cccc(-c2ccccc2)n1)C(C)O)B1OC(=O)[C@@H]2CCC[C@@H](C(=O)O1)N2C. The van der Waals surface area contributed by atoms with Crippen LogP contribution in [0.4, 0.5) is 0 Å². The van der Waals surface area contributed by atoms with E-state index in [2.05, 4.69) is 10.3 Å². The Morgan fingerprint density at radius 1 is 1.02 bits per heavy atom. The predicted octanol–water partition coefficient (Wildman–Crippen LogP) is 3.04. The highest BCUT2D eigenvalue weighted by atomic mass is 16.6. The van der Waals surface area contributed by atoms with Gasteiger partial charge in [-0.1, -0.05) is 50.2 Å². The van der Waals surface area contributed by atoms with E-state index < -0.39 is 60.8 Å². The maximum absolute atomic E-state index is 13.6. The first kappa shape index (κ1) is 30.4. The van der Waals surface area contributed by atoms with Gasteiger partial charge in [-0.25, -0.2) is 4.98 Å². The summed E-state index contributed by atoms with van der Waals surface area (Å²) in [4.78, 5) is 58.9. The number of amides is 1. The normalized spacial score (nSPS) is 21.7. The first-order chi connectivity index (χ1) is 19.5. The van der Waals surface area contributed by atoms with Crippen LogP contribution >= 0.6 is 0 Å². The van der Waals surface area contributed by atoms with E-state index in [1.165, 1.54) is 13.0 Å². The number of benzene rings is 1. The van der Waals surface area contributed by atoms with Crippen molar-refractivity contribution < 1.29 is 33.6 Å². The monoisotopic (exact) mass is 563 g/mol. The number of aliphatic hydroxyl groups is 1. The standard InChI is InChI=1S/C30H38BN3O7/c1-18(2)16-21(31-40-29(38)24-14-9-15-25(34(24)4)30(39)41-31)17-26(36)27(19(3)35)33-28(37)23-13-8-12-22(32-23)20-10-6-5-7-11-20/h5-8,10-13,18-19,21,24-25,27,35H,9,14-17H2,1-4H3,(H,33,37)/t19?,21-,24+,25+,27+/m1/s1. The molecule has 41 heavy (non-hydrogen) atoms. The van der Waals surface area contributed by atoms with E-state index in [0.29, 0.717) is 31.4 Å².